The van der Waals surface area contributed by atoms with E-state index in [-0.39, 0.29) is 0 Å². The molecule has 0 saturated heterocycles. The number of rotatable bonds is 7. The molecule has 1 aromatic rings. The van der Waals surface area contributed by atoms with E-state index in [0.29, 0.717) is 11.7 Å². The van der Waals surface area contributed by atoms with Crippen molar-refractivity contribution >= 4 is 17.5 Å². The molecule has 16 heavy (non-hydrogen) atoms. The van der Waals surface area contributed by atoms with Gasteiger partial charge in [-0.2, -0.15) is 11.8 Å². The van der Waals surface area contributed by atoms with E-state index in [9.17, 15) is 4.79 Å². The predicted octanol–water partition coefficient (Wildman–Crippen LogP) is 3.22. The summed E-state index contributed by atoms with van der Waals surface area (Å²) in [6.45, 7) is 3.22. The number of ketones is 1. The van der Waals surface area contributed by atoms with Crippen molar-refractivity contribution in [3.8, 4) is 0 Å². The van der Waals surface area contributed by atoms with Gasteiger partial charge in [0.25, 0.3) is 0 Å². The zero-order chi connectivity index (χ0) is 11.4. The van der Waals surface area contributed by atoms with Crippen molar-refractivity contribution in [1.82, 2.24) is 4.57 Å². The third-order valence-electron chi connectivity index (χ3n) is 2.89. The van der Waals surface area contributed by atoms with E-state index in [0.717, 1.165) is 24.9 Å². The molecule has 0 aromatic carbocycles. The lowest BCUT2D eigenvalue weighted by atomic mass is 10.1. The smallest absolute Gasteiger partial charge is 0.167 e. The fraction of sp³-hybridized carbons (Fsp3) is 0.615. The van der Waals surface area contributed by atoms with Crippen molar-refractivity contribution in [2.24, 2.45) is 5.92 Å². The molecule has 1 aromatic heterocycles. The van der Waals surface area contributed by atoms with Gasteiger partial charge in [-0.3, -0.25) is 4.79 Å². The summed E-state index contributed by atoms with van der Waals surface area (Å²) in [7, 11) is 0. The first kappa shape index (κ1) is 11.8. The van der Waals surface area contributed by atoms with Gasteiger partial charge in [-0.05, 0) is 36.8 Å². The second-order valence-electron chi connectivity index (χ2n) is 4.33. The summed E-state index contributed by atoms with van der Waals surface area (Å²) < 4.78 is 2.14. The lowest BCUT2D eigenvalue weighted by molar-refractivity contribution is 0.0967. The zero-order valence-corrected chi connectivity index (χ0v) is 10.6. The lowest BCUT2D eigenvalue weighted by Gasteiger charge is -2.01. The Hall–Kier alpha value is -0.700. The van der Waals surface area contributed by atoms with Gasteiger partial charge in [0.2, 0.25) is 0 Å². The maximum Gasteiger partial charge on any atom is 0.167 e. The monoisotopic (exact) mass is 237 g/mol. The Morgan fingerprint density at radius 2 is 2.38 bits per heavy atom. The quantitative estimate of drug-likeness (QED) is 0.536. The van der Waals surface area contributed by atoms with Crippen molar-refractivity contribution in [3.63, 3.8) is 0 Å². The molecule has 1 aliphatic carbocycles. The van der Waals surface area contributed by atoms with Crippen LogP contribution in [-0.2, 0) is 6.54 Å². The summed E-state index contributed by atoms with van der Waals surface area (Å²) in [4.78, 5) is 11.8. The number of hydrogen-bond donors (Lipinski definition) is 0. The highest BCUT2D eigenvalue weighted by atomic mass is 32.2. The highest BCUT2D eigenvalue weighted by Crippen LogP contribution is 2.32. The fourth-order valence-corrected chi connectivity index (χ4v) is 2.42. The molecule has 1 saturated carbocycles. The standard InChI is InChI=1S/C13H19NOS/c1-2-16-9-3-7-14-8-6-12(10-14)13(15)11-4-5-11/h6,8,10-11H,2-5,7,9H2,1H3. The van der Waals surface area contributed by atoms with Gasteiger partial charge in [0.15, 0.2) is 5.78 Å². The minimum atomic E-state index is 0.339. The minimum Gasteiger partial charge on any atom is -0.353 e. The predicted molar refractivity (Wildman–Crippen MR) is 69.1 cm³/mol. The van der Waals surface area contributed by atoms with Gasteiger partial charge < -0.3 is 4.57 Å². The number of aryl methyl sites for hydroxylation is 1. The molecule has 2 nitrogen and oxygen atoms in total. The molecule has 1 aliphatic rings. The average molecular weight is 237 g/mol. The first-order valence-corrected chi connectivity index (χ1v) is 7.24. The topological polar surface area (TPSA) is 22.0 Å². The van der Waals surface area contributed by atoms with E-state index in [4.69, 9.17) is 0 Å². The van der Waals surface area contributed by atoms with Gasteiger partial charge in [-0.1, -0.05) is 6.92 Å². The maximum absolute atomic E-state index is 11.8. The van der Waals surface area contributed by atoms with E-state index in [2.05, 4.69) is 11.5 Å². The Bertz CT molecular complexity index is 355. The van der Waals surface area contributed by atoms with Crippen LogP contribution in [0.25, 0.3) is 0 Å². The molecule has 0 N–H and O–H groups in total. The van der Waals surface area contributed by atoms with Crippen molar-refractivity contribution < 1.29 is 4.79 Å². The Kier molecular flexibility index (Phi) is 4.10. The van der Waals surface area contributed by atoms with Gasteiger partial charge in [0.1, 0.15) is 0 Å². The number of aromatic nitrogens is 1. The molecule has 0 unspecified atom stereocenters. The Morgan fingerprint density at radius 3 is 3.06 bits per heavy atom. The van der Waals surface area contributed by atoms with Crippen LogP contribution >= 0.6 is 11.8 Å². The summed E-state index contributed by atoms with van der Waals surface area (Å²) in [6, 6.07) is 1.97. The molecule has 0 amide bonds. The zero-order valence-electron chi connectivity index (χ0n) is 9.82. The highest BCUT2D eigenvalue weighted by molar-refractivity contribution is 7.99. The maximum atomic E-state index is 11.8. The van der Waals surface area contributed by atoms with E-state index in [1.807, 2.05) is 30.2 Å². The molecule has 0 bridgehead atoms. The summed E-state index contributed by atoms with van der Waals surface area (Å²) in [5, 5.41) is 0. The Morgan fingerprint density at radius 1 is 1.56 bits per heavy atom. The van der Waals surface area contributed by atoms with Crippen LogP contribution in [0.4, 0.5) is 0 Å². The first-order valence-electron chi connectivity index (χ1n) is 6.09. The van der Waals surface area contributed by atoms with Crippen LogP contribution in [0, 0.1) is 5.92 Å². The third kappa shape index (κ3) is 3.14. The summed E-state index contributed by atoms with van der Waals surface area (Å²) in [5.74, 6) is 3.09. The van der Waals surface area contributed by atoms with Crippen LogP contribution in [0.5, 0.6) is 0 Å². The molecule has 88 valence electrons. The van der Waals surface area contributed by atoms with E-state index in [1.54, 1.807) is 0 Å². The van der Waals surface area contributed by atoms with Gasteiger partial charge in [0, 0.05) is 30.4 Å². The summed E-state index contributed by atoms with van der Waals surface area (Å²) in [5.41, 5.74) is 0.908. The largest absolute Gasteiger partial charge is 0.353 e. The average Bonchev–Trinajstić information content (AvgIpc) is 3.03. The second kappa shape index (κ2) is 5.58. The van der Waals surface area contributed by atoms with Gasteiger partial charge in [0.05, 0.1) is 0 Å². The van der Waals surface area contributed by atoms with Gasteiger partial charge in [-0.15, -0.1) is 0 Å². The SMILES string of the molecule is CCSCCCn1ccc(C(=O)C2CC2)c1. The number of Topliss-reactive ketones (excluding diaryl/α,β-unsaturated/α-hetero) is 1. The third-order valence-corrected chi connectivity index (χ3v) is 3.88. The van der Waals surface area contributed by atoms with E-state index < -0.39 is 0 Å². The summed E-state index contributed by atoms with van der Waals surface area (Å²) >= 11 is 1.98. The van der Waals surface area contributed by atoms with Crippen molar-refractivity contribution in [1.29, 1.82) is 0 Å². The second-order valence-corrected chi connectivity index (χ2v) is 5.72. The van der Waals surface area contributed by atoms with E-state index in [1.165, 1.54) is 17.9 Å². The normalized spacial score (nSPS) is 15.3. The molecular weight excluding hydrogens is 218 g/mol. The van der Waals surface area contributed by atoms with Crippen molar-refractivity contribution in [3.05, 3.63) is 24.0 Å². The molecular formula is C13H19NOS. The number of carbonyl (C=O) groups excluding carboxylic acids is 1. The number of hydrogen-bond acceptors (Lipinski definition) is 2. The van der Waals surface area contributed by atoms with Crippen LogP contribution < -0.4 is 0 Å². The molecule has 0 spiro atoms. The minimum absolute atomic E-state index is 0.339. The van der Waals surface area contributed by atoms with Crippen LogP contribution in [0.15, 0.2) is 18.5 Å². The van der Waals surface area contributed by atoms with Crippen LogP contribution in [0.2, 0.25) is 0 Å². The molecule has 3 heteroatoms. The van der Waals surface area contributed by atoms with Crippen LogP contribution in [0.1, 0.15) is 36.5 Å². The number of thioether (sulfide) groups is 1. The Balaban J connectivity index is 1.80. The molecule has 1 heterocycles. The molecule has 2 rings (SSSR count). The van der Waals surface area contributed by atoms with E-state index >= 15 is 0 Å². The lowest BCUT2D eigenvalue weighted by Crippen LogP contribution is -2.00. The number of nitrogens with zero attached hydrogens (tertiary/aromatic N) is 1. The van der Waals surface area contributed by atoms with Crippen molar-refractivity contribution in [2.75, 3.05) is 11.5 Å². The number of carbonyl (C=O) groups is 1. The molecule has 0 atom stereocenters. The summed E-state index contributed by atoms with van der Waals surface area (Å²) in [6.07, 6.45) is 7.42. The van der Waals surface area contributed by atoms with Gasteiger partial charge in [-0.25, -0.2) is 0 Å². The fourth-order valence-electron chi connectivity index (χ4n) is 1.80. The van der Waals surface area contributed by atoms with Crippen LogP contribution in [-0.4, -0.2) is 21.9 Å². The Labute approximate surface area is 101 Å². The highest BCUT2D eigenvalue weighted by Gasteiger charge is 2.30. The van der Waals surface area contributed by atoms with Crippen LogP contribution in [0.3, 0.4) is 0 Å². The molecule has 0 aliphatic heterocycles. The molecule has 1 fully saturated rings. The molecule has 0 radical (unpaired) electrons. The first-order chi connectivity index (χ1) is 7.81. The van der Waals surface area contributed by atoms with Gasteiger partial charge >= 0.3 is 0 Å². The van der Waals surface area contributed by atoms with Crippen molar-refractivity contribution in [2.45, 2.75) is 32.7 Å².